The summed E-state index contributed by atoms with van der Waals surface area (Å²) in [5, 5.41) is 15.6. The van der Waals surface area contributed by atoms with E-state index in [1.807, 2.05) is 30.3 Å². The standard InChI is InChI=1S/C19H15N3OS2/c20-10-14-13-8-4-5-9-16(13)25-19(14)22-17(23)15-11-24-18(21-15)12-6-2-1-3-7-12/h1-3,6-7,11H,4-5,8-9H2,(H,22,23). The minimum Gasteiger partial charge on any atom is -0.311 e. The molecule has 25 heavy (non-hydrogen) atoms. The highest BCUT2D eigenvalue weighted by Gasteiger charge is 2.22. The van der Waals surface area contributed by atoms with Gasteiger partial charge in [0.15, 0.2) is 0 Å². The summed E-state index contributed by atoms with van der Waals surface area (Å²) in [6.45, 7) is 0. The average molecular weight is 365 g/mol. The zero-order chi connectivity index (χ0) is 17.2. The van der Waals surface area contributed by atoms with Crippen LogP contribution in [0, 0.1) is 11.3 Å². The van der Waals surface area contributed by atoms with Crippen molar-refractivity contribution in [3.63, 3.8) is 0 Å². The van der Waals surface area contributed by atoms with E-state index < -0.39 is 0 Å². The van der Waals surface area contributed by atoms with Gasteiger partial charge in [0, 0.05) is 15.8 Å². The number of amides is 1. The molecule has 0 atom stereocenters. The molecule has 0 saturated carbocycles. The zero-order valence-corrected chi connectivity index (χ0v) is 15.0. The maximum absolute atomic E-state index is 12.6. The fraction of sp³-hybridized carbons (Fsp3) is 0.211. The van der Waals surface area contributed by atoms with Crippen LogP contribution in [0.3, 0.4) is 0 Å². The first kappa shape index (κ1) is 16.0. The molecule has 6 heteroatoms. The number of aromatic nitrogens is 1. The summed E-state index contributed by atoms with van der Waals surface area (Å²) in [4.78, 5) is 18.2. The van der Waals surface area contributed by atoms with Crippen LogP contribution in [0.2, 0.25) is 0 Å². The van der Waals surface area contributed by atoms with E-state index >= 15 is 0 Å². The van der Waals surface area contributed by atoms with E-state index in [0.717, 1.165) is 41.8 Å². The van der Waals surface area contributed by atoms with Gasteiger partial charge in [-0.2, -0.15) is 5.26 Å². The summed E-state index contributed by atoms with van der Waals surface area (Å²) in [5.74, 6) is -0.256. The number of benzene rings is 1. The number of carbonyl (C=O) groups excluding carboxylic acids is 1. The van der Waals surface area contributed by atoms with Crippen LogP contribution in [0.25, 0.3) is 10.6 Å². The van der Waals surface area contributed by atoms with Crippen LogP contribution < -0.4 is 5.32 Å². The molecule has 0 bridgehead atoms. The van der Waals surface area contributed by atoms with Crippen LogP contribution in [-0.4, -0.2) is 10.9 Å². The van der Waals surface area contributed by atoms with E-state index in [2.05, 4.69) is 16.4 Å². The normalized spacial score (nSPS) is 13.1. The van der Waals surface area contributed by atoms with Crippen molar-refractivity contribution in [1.82, 2.24) is 4.98 Å². The van der Waals surface area contributed by atoms with Crippen LogP contribution in [0.15, 0.2) is 35.7 Å². The third kappa shape index (κ3) is 3.09. The molecule has 1 aliphatic carbocycles. The Labute approximate surface area is 153 Å². The van der Waals surface area contributed by atoms with Crippen molar-refractivity contribution in [2.45, 2.75) is 25.7 Å². The minimum absolute atomic E-state index is 0.256. The fourth-order valence-corrected chi connectivity index (χ4v) is 5.07. The number of rotatable bonds is 3. The molecule has 1 aromatic carbocycles. The number of hydrogen-bond donors (Lipinski definition) is 1. The SMILES string of the molecule is N#Cc1c(NC(=O)c2csc(-c3ccccc3)n2)sc2c1CCCC2. The Kier molecular flexibility index (Phi) is 4.35. The predicted molar refractivity (Wildman–Crippen MR) is 101 cm³/mol. The molecule has 0 spiro atoms. The molecule has 0 radical (unpaired) electrons. The molecule has 4 rings (SSSR count). The molecular formula is C19H15N3OS2. The average Bonchev–Trinajstić information content (AvgIpc) is 3.27. The smallest absolute Gasteiger partial charge is 0.275 e. The number of aryl methyl sites for hydroxylation is 1. The Morgan fingerprint density at radius 1 is 1.20 bits per heavy atom. The van der Waals surface area contributed by atoms with Gasteiger partial charge in [0.1, 0.15) is 21.8 Å². The van der Waals surface area contributed by atoms with Gasteiger partial charge in [0.2, 0.25) is 0 Å². The van der Waals surface area contributed by atoms with Gasteiger partial charge in [-0.05, 0) is 31.2 Å². The number of anilines is 1. The van der Waals surface area contributed by atoms with Crippen LogP contribution in [0.4, 0.5) is 5.00 Å². The lowest BCUT2D eigenvalue weighted by Crippen LogP contribution is -2.12. The summed E-state index contributed by atoms with van der Waals surface area (Å²) < 4.78 is 0. The fourth-order valence-electron chi connectivity index (χ4n) is 3.03. The summed E-state index contributed by atoms with van der Waals surface area (Å²) in [6, 6.07) is 12.1. The molecule has 3 aromatic rings. The van der Waals surface area contributed by atoms with E-state index in [1.165, 1.54) is 27.6 Å². The number of nitriles is 1. The number of fused-ring (bicyclic) bond motifs is 1. The van der Waals surface area contributed by atoms with Crippen LogP contribution >= 0.6 is 22.7 Å². The molecule has 1 aliphatic rings. The molecule has 2 aromatic heterocycles. The zero-order valence-electron chi connectivity index (χ0n) is 13.4. The van der Waals surface area contributed by atoms with E-state index in [-0.39, 0.29) is 5.91 Å². The van der Waals surface area contributed by atoms with E-state index in [4.69, 9.17) is 0 Å². The highest BCUT2D eigenvalue weighted by atomic mass is 32.1. The number of hydrogen-bond acceptors (Lipinski definition) is 5. The van der Waals surface area contributed by atoms with Crippen molar-refractivity contribution in [2.75, 3.05) is 5.32 Å². The number of thiophene rings is 1. The summed E-state index contributed by atoms with van der Waals surface area (Å²) in [7, 11) is 0. The number of carbonyl (C=O) groups is 1. The van der Waals surface area contributed by atoms with Crippen molar-refractivity contribution in [3.05, 3.63) is 57.4 Å². The first-order valence-electron chi connectivity index (χ1n) is 8.13. The molecule has 0 aliphatic heterocycles. The monoisotopic (exact) mass is 365 g/mol. The lowest BCUT2D eigenvalue weighted by Gasteiger charge is -2.09. The van der Waals surface area contributed by atoms with Crippen LogP contribution in [0.1, 0.15) is 39.3 Å². The second-order valence-electron chi connectivity index (χ2n) is 5.88. The molecular weight excluding hydrogens is 350 g/mol. The maximum Gasteiger partial charge on any atom is 0.275 e. The van der Waals surface area contributed by atoms with Gasteiger partial charge in [-0.15, -0.1) is 22.7 Å². The van der Waals surface area contributed by atoms with Gasteiger partial charge in [-0.25, -0.2) is 4.98 Å². The molecule has 0 unspecified atom stereocenters. The maximum atomic E-state index is 12.6. The second-order valence-corrected chi connectivity index (χ2v) is 7.85. The number of nitrogens with one attached hydrogen (secondary N) is 1. The molecule has 124 valence electrons. The Morgan fingerprint density at radius 2 is 2.00 bits per heavy atom. The predicted octanol–water partition coefficient (Wildman–Crippen LogP) is 4.87. The van der Waals surface area contributed by atoms with Crippen molar-refractivity contribution >= 4 is 33.6 Å². The number of nitrogens with zero attached hydrogens (tertiary/aromatic N) is 2. The summed E-state index contributed by atoms with van der Waals surface area (Å²) in [6.07, 6.45) is 4.19. The first-order chi connectivity index (χ1) is 12.3. The highest BCUT2D eigenvalue weighted by Crippen LogP contribution is 2.37. The molecule has 0 saturated heterocycles. The Balaban J connectivity index is 1.58. The topological polar surface area (TPSA) is 65.8 Å². The first-order valence-corrected chi connectivity index (χ1v) is 9.83. The van der Waals surface area contributed by atoms with Gasteiger partial charge < -0.3 is 5.32 Å². The van der Waals surface area contributed by atoms with Gasteiger partial charge in [0.05, 0.1) is 5.56 Å². The third-order valence-electron chi connectivity index (χ3n) is 4.27. The van der Waals surface area contributed by atoms with Gasteiger partial charge in [-0.1, -0.05) is 30.3 Å². The van der Waals surface area contributed by atoms with E-state index in [1.54, 1.807) is 5.38 Å². The molecule has 2 heterocycles. The molecule has 1 N–H and O–H groups in total. The molecule has 4 nitrogen and oxygen atoms in total. The summed E-state index contributed by atoms with van der Waals surface area (Å²) in [5.41, 5.74) is 3.14. The summed E-state index contributed by atoms with van der Waals surface area (Å²) >= 11 is 2.98. The van der Waals surface area contributed by atoms with Crippen molar-refractivity contribution in [3.8, 4) is 16.6 Å². The highest BCUT2D eigenvalue weighted by molar-refractivity contribution is 7.16. The molecule has 1 amide bonds. The van der Waals surface area contributed by atoms with Crippen LogP contribution in [-0.2, 0) is 12.8 Å². The molecule has 0 fully saturated rings. The Hall–Kier alpha value is -2.49. The number of thiazole rings is 1. The van der Waals surface area contributed by atoms with Gasteiger partial charge in [-0.3, -0.25) is 4.79 Å². The quantitative estimate of drug-likeness (QED) is 0.720. The van der Waals surface area contributed by atoms with Crippen molar-refractivity contribution in [1.29, 1.82) is 5.26 Å². The Bertz CT molecular complexity index is 966. The largest absolute Gasteiger partial charge is 0.311 e. The Morgan fingerprint density at radius 3 is 2.80 bits per heavy atom. The van der Waals surface area contributed by atoms with Crippen molar-refractivity contribution in [2.24, 2.45) is 0 Å². The van der Waals surface area contributed by atoms with Crippen LogP contribution in [0.5, 0.6) is 0 Å². The van der Waals surface area contributed by atoms with Gasteiger partial charge >= 0.3 is 0 Å². The minimum atomic E-state index is -0.256. The van der Waals surface area contributed by atoms with E-state index in [9.17, 15) is 10.1 Å². The third-order valence-corrected chi connectivity index (χ3v) is 6.37. The second kappa shape index (κ2) is 6.79. The van der Waals surface area contributed by atoms with Crippen molar-refractivity contribution < 1.29 is 4.79 Å². The van der Waals surface area contributed by atoms with E-state index in [0.29, 0.717) is 16.3 Å². The lowest BCUT2D eigenvalue weighted by atomic mass is 9.96. The lowest BCUT2D eigenvalue weighted by molar-refractivity contribution is 0.102. The van der Waals surface area contributed by atoms with Gasteiger partial charge in [0.25, 0.3) is 5.91 Å².